The topological polar surface area (TPSA) is 33.7 Å². The maximum atomic E-state index is 6.29. The molecule has 4 nitrogen and oxygen atoms in total. The zero-order chi connectivity index (χ0) is 18.8. The molecule has 2 atom stereocenters. The van der Waals surface area contributed by atoms with Gasteiger partial charge in [0.2, 0.25) is 0 Å². The van der Waals surface area contributed by atoms with E-state index in [-0.39, 0.29) is 0 Å². The third-order valence-electron chi connectivity index (χ3n) is 6.03. The number of hydrogen-bond acceptors (Lipinski definition) is 4. The van der Waals surface area contributed by atoms with Crippen LogP contribution in [0.25, 0.3) is 0 Å². The Hall–Kier alpha value is -1.75. The van der Waals surface area contributed by atoms with Crippen LogP contribution in [0.15, 0.2) is 42.5 Å². The predicted octanol–water partition coefficient (Wildman–Crippen LogP) is 4.28. The molecule has 3 fully saturated rings. The third kappa shape index (κ3) is 3.79. The lowest BCUT2D eigenvalue weighted by molar-refractivity contribution is 0.0112. The van der Waals surface area contributed by atoms with Crippen molar-refractivity contribution in [2.45, 2.75) is 31.5 Å². The van der Waals surface area contributed by atoms with Crippen LogP contribution in [-0.4, -0.2) is 38.3 Å². The molecule has 2 aromatic rings. The summed E-state index contributed by atoms with van der Waals surface area (Å²) in [5.74, 6) is 2.38. The molecule has 3 aliphatic rings. The van der Waals surface area contributed by atoms with Crippen molar-refractivity contribution in [1.29, 1.82) is 0 Å². The van der Waals surface area contributed by atoms with Crippen LogP contribution < -0.4 is 14.8 Å². The molecule has 0 aromatic heterocycles. The maximum Gasteiger partial charge on any atom is 0.127 e. The van der Waals surface area contributed by atoms with E-state index >= 15 is 0 Å². The van der Waals surface area contributed by atoms with Crippen molar-refractivity contribution in [3.63, 3.8) is 0 Å². The fraction of sp³-hybridized carbons (Fsp3) is 0.455. The molecule has 0 radical (unpaired) electrons. The molecule has 144 valence electrons. The van der Waals surface area contributed by atoms with Crippen molar-refractivity contribution in [3.05, 3.63) is 58.6 Å². The quantitative estimate of drug-likeness (QED) is 0.803. The fourth-order valence-electron chi connectivity index (χ4n) is 4.65. The highest BCUT2D eigenvalue weighted by Gasteiger charge is 2.42. The Morgan fingerprint density at radius 2 is 1.89 bits per heavy atom. The lowest BCUT2D eigenvalue weighted by Gasteiger charge is -2.51. The summed E-state index contributed by atoms with van der Waals surface area (Å²) in [6.45, 7) is 3.12. The van der Waals surface area contributed by atoms with Gasteiger partial charge in [-0.25, -0.2) is 0 Å². The molecule has 1 N–H and O–H groups in total. The number of ether oxygens (including phenoxy) is 2. The summed E-state index contributed by atoms with van der Waals surface area (Å²) in [6, 6.07) is 15.2. The van der Waals surface area contributed by atoms with Crippen LogP contribution >= 0.6 is 11.6 Å². The van der Waals surface area contributed by atoms with Crippen molar-refractivity contribution >= 4 is 11.6 Å². The molecule has 2 aromatic carbocycles. The molecule has 0 unspecified atom stereocenters. The summed E-state index contributed by atoms with van der Waals surface area (Å²) in [6.07, 6.45) is 2.52. The number of halogens is 1. The molecule has 3 saturated heterocycles. The Labute approximate surface area is 166 Å². The number of nitrogens with one attached hydrogen (secondary N) is 1. The summed E-state index contributed by atoms with van der Waals surface area (Å²) in [4.78, 5) is 2.61. The first-order valence-corrected chi connectivity index (χ1v) is 10.0. The van der Waals surface area contributed by atoms with Crippen LogP contribution in [-0.2, 0) is 6.54 Å². The Morgan fingerprint density at radius 3 is 2.59 bits per heavy atom. The first-order chi connectivity index (χ1) is 13.2. The second-order valence-electron chi connectivity index (χ2n) is 7.46. The Kier molecular flexibility index (Phi) is 5.58. The van der Waals surface area contributed by atoms with E-state index in [1.54, 1.807) is 14.2 Å². The van der Waals surface area contributed by atoms with Crippen LogP contribution in [0.4, 0.5) is 0 Å². The van der Waals surface area contributed by atoms with Gasteiger partial charge in [-0.3, -0.25) is 4.90 Å². The lowest BCUT2D eigenvalue weighted by atomic mass is 9.76. The van der Waals surface area contributed by atoms with Crippen LogP contribution in [0.1, 0.15) is 30.0 Å². The summed E-state index contributed by atoms with van der Waals surface area (Å²) in [7, 11) is 3.39. The van der Waals surface area contributed by atoms with E-state index < -0.39 is 0 Å². The molecule has 0 amide bonds. The molecule has 0 aliphatic carbocycles. The molecule has 0 spiro atoms. The zero-order valence-electron chi connectivity index (χ0n) is 16.0. The number of fused-ring (bicyclic) bond motifs is 3. The van der Waals surface area contributed by atoms with E-state index in [4.69, 9.17) is 21.1 Å². The van der Waals surface area contributed by atoms with Crippen LogP contribution in [0, 0.1) is 5.92 Å². The number of nitrogens with zero attached hydrogens (tertiary/aromatic N) is 1. The minimum atomic E-state index is 0.375. The van der Waals surface area contributed by atoms with Gasteiger partial charge in [-0.1, -0.05) is 29.8 Å². The van der Waals surface area contributed by atoms with Crippen molar-refractivity contribution in [3.8, 4) is 11.5 Å². The van der Waals surface area contributed by atoms with Gasteiger partial charge in [-0.2, -0.15) is 0 Å². The lowest BCUT2D eigenvalue weighted by Crippen LogP contribution is -2.57. The fourth-order valence-corrected chi connectivity index (χ4v) is 4.85. The van der Waals surface area contributed by atoms with E-state index in [1.165, 1.54) is 31.5 Å². The Morgan fingerprint density at radius 1 is 1.07 bits per heavy atom. The molecule has 3 aliphatic heterocycles. The summed E-state index contributed by atoms with van der Waals surface area (Å²) < 4.78 is 10.9. The summed E-state index contributed by atoms with van der Waals surface area (Å²) in [5, 5.41) is 4.65. The van der Waals surface area contributed by atoms with Crippen molar-refractivity contribution in [2.24, 2.45) is 5.92 Å². The van der Waals surface area contributed by atoms with Gasteiger partial charge in [-0.15, -0.1) is 0 Å². The van der Waals surface area contributed by atoms with Crippen molar-refractivity contribution in [2.75, 3.05) is 27.3 Å². The predicted molar refractivity (Wildman–Crippen MR) is 109 cm³/mol. The van der Waals surface area contributed by atoms with Gasteiger partial charge in [0, 0.05) is 29.2 Å². The van der Waals surface area contributed by atoms with Gasteiger partial charge in [0.25, 0.3) is 0 Å². The molecule has 3 heterocycles. The van der Waals surface area contributed by atoms with Crippen LogP contribution in [0.5, 0.6) is 11.5 Å². The second kappa shape index (κ2) is 8.09. The van der Waals surface area contributed by atoms with Crippen LogP contribution in [0.2, 0.25) is 5.02 Å². The second-order valence-corrected chi connectivity index (χ2v) is 7.89. The van der Waals surface area contributed by atoms with Gasteiger partial charge in [-0.05, 0) is 55.6 Å². The van der Waals surface area contributed by atoms with Gasteiger partial charge >= 0.3 is 0 Å². The SMILES string of the molecule is COc1ccc(CN[C@@H]2C3CCN(CC3)[C@@H]2c2cccc(Cl)c2)c(OC)c1. The van der Waals surface area contributed by atoms with E-state index in [1.807, 2.05) is 18.2 Å². The minimum Gasteiger partial charge on any atom is -0.497 e. The third-order valence-corrected chi connectivity index (χ3v) is 6.26. The molecule has 27 heavy (non-hydrogen) atoms. The van der Waals surface area contributed by atoms with Crippen molar-refractivity contribution < 1.29 is 9.47 Å². The molecule has 0 saturated carbocycles. The molecule has 5 rings (SSSR count). The molecular weight excluding hydrogens is 360 g/mol. The molecule has 5 heteroatoms. The maximum absolute atomic E-state index is 6.29. The van der Waals surface area contributed by atoms with Gasteiger partial charge in [0.15, 0.2) is 0 Å². The first-order valence-electron chi connectivity index (χ1n) is 9.63. The number of rotatable bonds is 6. The number of methoxy groups -OCH3 is 2. The van der Waals surface area contributed by atoms with Gasteiger partial charge < -0.3 is 14.8 Å². The largest absolute Gasteiger partial charge is 0.497 e. The summed E-state index contributed by atoms with van der Waals surface area (Å²) in [5.41, 5.74) is 2.46. The zero-order valence-corrected chi connectivity index (χ0v) is 16.7. The van der Waals surface area contributed by atoms with E-state index in [9.17, 15) is 0 Å². The first kappa shape index (κ1) is 18.6. The number of piperidine rings is 3. The van der Waals surface area contributed by atoms with Crippen LogP contribution in [0.3, 0.4) is 0 Å². The van der Waals surface area contributed by atoms with Gasteiger partial charge in [0.05, 0.1) is 20.3 Å². The average Bonchev–Trinajstić information content (AvgIpc) is 2.72. The average molecular weight is 387 g/mol. The highest BCUT2D eigenvalue weighted by Crippen LogP contribution is 2.41. The molecule has 2 bridgehead atoms. The minimum absolute atomic E-state index is 0.375. The smallest absolute Gasteiger partial charge is 0.127 e. The highest BCUT2D eigenvalue weighted by atomic mass is 35.5. The van der Waals surface area contributed by atoms with Gasteiger partial charge in [0.1, 0.15) is 11.5 Å². The molecular formula is C22H27ClN2O2. The number of benzene rings is 2. The monoisotopic (exact) mass is 386 g/mol. The highest BCUT2D eigenvalue weighted by molar-refractivity contribution is 6.30. The summed E-state index contributed by atoms with van der Waals surface area (Å²) >= 11 is 6.29. The van der Waals surface area contributed by atoms with E-state index in [0.717, 1.165) is 28.6 Å². The van der Waals surface area contributed by atoms with E-state index in [2.05, 4.69) is 34.5 Å². The van der Waals surface area contributed by atoms with E-state index in [0.29, 0.717) is 18.0 Å². The Bertz CT molecular complexity index is 790. The van der Waals surface area contributed by atoms with Crippen molar-refractivity contribution in [1.82, 2.24) is 10.2 Å². The number of hydrogen-bond donors (Lipinski definition) is 1. The Balaban J connectivity index is 1.56. The normalized spacial score (nSPS) is 26.8. The standard InChI is InChI=1S/C22H27ClN2O2/c1-26-19-7-6-17(20(13-19)27-2)14-24-21-15-8-10-25(11-9-15)22(21)16-4-3-5-18(23)12-16/h3-7,12-13,15,21-22,24H,8-11,14H2,1-2H3/t21-,22-/m1/s1.